The molecule has 13 N–H and O–H groups in total. The van der Waals surface area contributed by atoms with Crippen LogP contribution in [0.3, 0.4) is 0 Å². The Hall–Kier alpha value is -5.29. The van der Waals surface area contributed by atoms with Gasteiger partial charge in [-0.25, -0.2) is 9.36 Å². The van der Waals surface area contributed by atoms with E-state index in [1.54, 1.807) is 24.3 Å². The van der Waals surface area contributed by atoms with Crippen LogP contribution in [0.25, 0.3) is 0 Å². The number of ether oxygens (including phenoxy) is 1. The zero-order valence-electron chi connectivity index (χ0n) is 27.5. The maximum absolute atomic E-state index is 14.0. The van der Waals surface area contributed by atoms with Crippen molar-refractivity contribution in [3.05, 3.63) is 89.5 Å². The van der Waals surface area contributed by atoms with Crippen molar-refractivity contribution in [2.45, 2.75) is 50.4 Å². The van der Waals surface area contributed by atoms with E-state index < -0.39 is 69.2 Å². The summed E-state index contributed by atoms with van der Waals surface area (Å²) in [5, 5.41) is 6.94. The predicted molar refractivity (Wildman–Crippen MR) is 184 cm³/mol. The van der Waals surface area contributed by atoms with Gasteiger partial charge in [0.2, 0.25) is 23.6 Å². The molecule has 0 aliphatic heterocycles. The van der Waals surface area contributed by atoms with Crippen LogP contribution >= 0.6 is 15.4 Å². The zero-order valence-corrected chi connectivity index (χ0v) is 29.3. The summed E-state index contributed by atoms with van der Waals surface area (Å²) in [4.78, 5) is 101. The second kappa shape index (κ2) is 17.3. The average Bonchev–Trinajstić information content (AvgIpc) is 3.03. The molecule has 52 heavy (non-hydrogen) atoms. The van der Waals surface area contributed by atoms with Gasteiger partial charge in [-0.2, -0.15) is 0 Å². The molecule has 0 spiro atoms. The Morgan fingerprint density at radius 2 is 1.44 bits per heavy atom. The number of phosphoric acid groups is 1. The number of carbonyl (C=O) groups is 5. The molecule has 0 aliphatic carbocycles. The second-order valence-corrected chi connectivity index (χ2v) is 14.5. The number of hydrogen-bond acceptors (Lipinski definition) is 10. The summed E-state index contributed by atoms with van der Waals surface area (Å²) in [6.07, 6.45) is -2.35. The summed E-state index contributed by atoms with van der Waals surface area (Å²) in [5.41, 5.74) is 15.9. The Kier molecular flexibility index (Phi) is 13.7. The normalized spacial score (nSPS) is 13.8. The van der Waals surface area contributed by atoms with Crippen molar-refractivity contribution in [3.8, 4) is 5.75 Å². The van der Waals surface area contributed by atoms with Gasteiger partial charge in [0.1, 0.15) is 30.0 Å². The largest absolute Gasteiger partial charge is 0.524 e. The van der Waals surface area contributed by atoms with E-state index >= 15 is 0 Å². The number of phosphoric ester groups is 1. The summed E-state index contributed by atoms with van der Waals surface area (Å²) in [7, 11) is -9.50. The molecule has 3 aromatic carbocycles. The monoisotopic (exact) mass is 764 g/mol. The van der Waals surface area contributed by atoms with Gasteiger partial charge < -0.3 is 52.2 Å². The molecule has 0 bridgehead atoms. The molecule has 0 unspecified atom stereocenters. The van der Waals surface area contributed by atoms with Gasteiger partial charge in [-0.3, -0.25) is 33.5 Å². The van der Waals surface area contributed by atoms with Crippen LogP contribution in [0.1, 0.15) is 30.0 Å². The number of amides is 5. The van der Waals surface area contributed by atoms with Gasteiger partial charge in [-0.1, -0.05) is 36.4 Å². The third-order valence-electron chi connectivity index (χ3n) is 7.30. The highest BCUT2D eigenvalue weighted by molar-refractivity contribution is 7.60. The van der Waals surface area contributed by atoms with E-state index in [1.807, 2.05) is 0 Å². The standard InChI is InChI=1S/C31H38N6O13P2/c1-31(29(41)35-24(27(34)39)15-26(33)38,16-19-7-11-23(12-8-19)51(43,44)45)37-28(40)25(14-18-5-9-22(10-6-18)50-52(46,47)48)36-30(42)49-17-20-3-2-4-21(32)13-20/h2-13,24-25H,14-17,32H2,1H3,(H2,33,38)(H2,34,39)(H,35,41)(H,36,42)(H,37,40)(H2,43,44,45)(H2,46,47,48)/t24-,25-,31-/m0/s1. The molecule has 280 valence electrons. The highest BCUT2D eigenvalue weighted by Gasteiger charge is 2.39. The minimum absolute atomic E-state index is 0.193. The number of alkyl carbamates (subject to hydrolysis) is 1. The third-order valence-corrected chi connectivity index (χ3v) is 8.72. The van der Waals surface area contributed by atoms with E-state index in [-0.39, 0.29) is 36.1 Å². The lowest BCUT2D eigenvalue weighted by atomic mass is 9.90. The van der Waals surface area contributed by atoms with Crippen LogP contribution in [0, 0.1) is 0 Å². The van der Waals surface area contributed by atoms with Crippen LogP contribution in [0.5, 0.6) is 5.75 Å². The number of carbonyl (C=O) groups excluding carboxylic acids is 5. The van der Waals surface area contributed by atoms with Crippen molar-refractivity contribution in [3.63, 3.8) is 0 Å². The third kappa shape index (κ3) is 13.1. The quantitative estimate of drug-likeness (QED) is 0.0603. The number of hydrogen-bond donors (Lipinski definition) is 10. The Morgan fingerprint density at radius 1 is 0.827 bits per heavy atom. The zero-order chi connectivity index (χ0) is 38.9. The Morgan fingerprint density at radius 3 is 1.98 bits per heavy atom. The van der Waals surface area contributed by atoms with Crippen molar-refractivity contribution in [2.24, 2.45) is 11.5 Å². The molecule has 3 aromatic rings. The molecular weight excluding hydrogens is 726 g/mol. The minimum Gasteiger partial charge on any atom is -0.445 e. The smallest absolute Gasteiger partial charge is 0.445 e. The maximum atomic E-state index is 14.0. The Balaban J connectivity index is 1.96. The van der Waals surface area contributed by atoms with Gasteiger partial charge in [0.05, 0.1) is 11.7 Å². The molecular formula is C31H38N6O13P2. The first-order valence-corrected chi connectivity index (χ1v) is 18.3. The van der Waals surface area contributed by atoms with E-state index in [1.165, 1.54) is 43.3 Å². The molecule has 0 aromatic heterocycles. The Labute approximate surface area is 296 Å². The molecule has 0 fully saturated rings. The lowest BCUT2D eigenvalue weighted by Gasteiger charge is -2.33. The SMILES string of the molecule is C[C@@](Cc1ccc(P(=O)(O)O)cc1)(NC(=O)[C@H](Cc1ccc(OP(=O)(O)O)cc1)NC(=O)OCc1cccc(N)c1)C(=O)N[C@@H](CC(N)=O)C(N)=O. The van der Waals surface area contributed by atoms with E-state index in [0.29, 0.717) is 16.8 Å². The first-order valence-electron chi connectivity index (χ1n) is 15.1. The fourth-order valence-corrected chi connectivity index (χ4v) is 5.72. The number of rotatable bonds is 17. The fourth-order valence-electron chi connectivity index (χ4n) is 4.78. The first-order chi connectivity index (χ1) is 24.1. The summed E-state index contributed by atoms with van der Waals surface area (Å²) in [6.45, 7) is 1.02. The lowest BCUT2D eigenvalue weighted by Crippen LogP contribution is -2.64. The number of nitrogens with one attached hydrogen (secondary N) is 3. The van der Waals surface area contributed by atoms with Crippen LogP contribution in [0.2, 0.25) is 0 Å². The molecule has 3 atom stereocenters. The van der Waals surface area contributed by atoms with E-state index in [0.717, 1.165) is 12.1 Å². The first kappa shape index (κ1) is 41.1. The van der Waals surface area contributed by atoms with Crippen LogP contribution in [0.15, 0.2) is 72.8 Å². The number of nitrogen functional groups attached to an aromatic ring is 1. The van der Waals surface area contributed by atoms with Crippen molar-refractivity contribution in [1.82, 2.24) is 16.0 Å². The van der Waals surface area contributed by atoms with E-state index in [2.05, 4.69) is 20.5 Å². The average molecular weight is 765 g/mol. The highest BCUT2D eigenvalue weighted by Crippen LogP contribution is 2.37. The predicted octanol–water partition coefficient (Wildman–Crippen LogP) is -0.656. The summed E-state index contributed by atoms with van der Waals surface area (Å²) in [6, 6.07) is 13.4. The molecule has 5 amide bonds. The molecule has 0 aliphatic rings. The van der Waals surface area contributed by atoms with E-state index in [4.69, 9.17) is 31.7 Å². The van der Waals surface area contributed by atoms with Crippen molar-refractivity contribution in [1.29, 1.82) is 0 Å². The van der Waals surface area contributed by atoms with Gasteiger partial charge in [-0.05, 0) is 60.0 Å². The van der Waals surface area contributed by atoms with Gasteiger partial charge in [0, 0.05) is 18.5 Å². The number of primary amides is 2. The minimum atomic E-state index is -4.88. The summed E-state index contributed by atoms with van der Waals surface area (Å²) in [5.74, 6) is -4.26. The number of anilines is 1. The molecule has 21 heteroatoms. The summed E-state index contributed by atoms with van der Waals surface area (Å²) >= 11 is 0. The molecule has 0 saturated carbocycles. The van der Waals surface area contributed by atoms with E-state index in [9.17, 15) is 42.9 Å². The van der Waals surface area contributed by atoms with Gasteiger partial charge >= 0.3 is 21.5 Å². The van der Waals surface area contributed by atoms with Crippen molar-refractivity contribution < 1.29 is 61.9 Å². The summed E-state index contributed by atoms with van der Waals surface area (Å²) < 4.78 is 32.7. The van der Waals surface area contributed by atoms with Gasteiger partial charge in [-0.15, -0.1) is 0 Å². The van der Waals surface area contributed by atoms with Crippen LogP contribution in [-0.4, -0.2) is 66.9 Å². The maximum Gasteiger partial charge on any atom is 0.524 e. The van der Waals surface area contributed by atoms with Gasteiger partial charge in [0.25, 0.3) is 0 Å². The number of benzene rings is 3. The molecule has 0 radical (unpaired) electrons. The molecule has 0 saturated heterocycles. The van der Waals surface area contributed by atoms with Crippen LogP contribution in [0.4, 0.5) is 10.5 Å². The molecule has 0 heterocycles. The van der Waals surface area contributed by atoms with Gasteiger partial charge in [0.15, 0.2) is 0 Å². The molecule has 3 rings (SSSR count). The fraction of sp³-hybridized carbons (Fsp3) is 0.258. The highest BCUT2D eigenvalue weighted by atomic mass is 31.2. The number of nitrogens with two attached hydrogens (primary N) is 3. The van der Waals surface area contributed by atoms with Crippen LogP contribution < -0.4 is 43.0 Å². The van der Waals surface area contributed by atoms with Crippen molar-refractivity contribution in [2.75, 3.05) is 5.73 Å². The lowest BCUT2D eigenvalue weighted by molar-refractivity contribution is -0.136. The Bertz CT molecular complexity index is 1880. The molecule has 19 nitrogen and oxygen atoms in total. The van der Waals surface area contributed by atoms with Crippen LogP contribution in [-0.2, 0) is 52.5 Å². The van der Waals surface area contributed by atoms with Crippen molar-refractivity contribution >= 4 is 56.1 Å². The topological polar surface area (TPSA) is 333 Å². The second-order valence-electron chi connectivity index (χ2n) is 11.8.